The molecule has 0 atom stereocenters. The number of carbonyl (C=O) groups excluding carboxylic acids is 1. The van der Waals surface area contributed by atoms with Crippen LogP contribution in [0.2, 0.25) is 0 Å². The van der Waals surface area contributed by atoms with Crippen molar-refractivity contribution < 1.29 is 13.2 Å². The van der Waals surface area contributed by atoms with E-state index in [9.17, 15) is 13.2 Å². The van der Waals surface area contributed by atoms with Crippen LogP contribution in [0.1, 0.15) is 17.5 Å². The van der Waals surface area contributed by atoms with Crippen LogP contribution < -0.4 is 5.32 Å². The van der Waals surface area contributed by atoms with Crippen molar-refractivity contribution in [3.8, 4) is 0 Å². The zero-order valence-corrected chi connectivity index (χ0v) is 15.8. The summed E-state index contributed by atoms with van der Waals surface area (Å²) >= 11 is 0. The normalized spacial score (nSPS) is 11.4. The van der Waals surface area contributed by atoms with E-state index >= 15 is 0 Å². The summed E-state index contributed by atoms with van der Waals surface area (Å²) in [6, 6.07) is 18.7. The third-order valence-electron chi connectivity index (χ3n) is 4.25. The number of para-hydroxylation sites is 1. The number of sulfone groups is 1. The molecule has 1 aromatic heterocycles. The zero-order valence-electron chi connectivity index (χ0n) is 15.0. The lowest BCUT2D eigenvalue weighted by atomic mass is 10.1. The van der Waals surface area contributed by atoms with Gasteiger partial charge >= 0.3 is 0 Å². The fourth-order valence-corrected chi connectivity index (χ4v) is 4.39. The van der Waals surface area contributed by atoms with E-state index < -0.39 is 9.84 Å². The number of aromatic nitrogens is 1. The van der Waals surface area contributed by atoms with Crippen LogP contribution in [0.25, 0.3) is 10.9 Å². The number of hydrogen-bond acceptors (Lipinski definition) is 4. The minimum Gasteiger partial charge on any atom is -0.356 e. The Bertz CT molecular complexity index is 1010. The molecule has 1 heterocycles. The first-order chi connectivity index (χ1) is 13.0. The third kappa shape index (κ3) is 5.62. The molecular weight excluding hydrogens is 360 g/mol. The molecule has 0 radical (unpaired) electrons. The molecule has 0 spiro atoms. The minimum atomic E-state index is -3.18. The number of nitrogens with one attached hydrogen (secondary N) is 1. The Morgan fingerprint density at radius 3 is 2.56 bits per heavy atom. The lowest BCUT2D eigenvalue weighted by molar-refractivity contribution is -0.120. The van der Waals surface area contributed by atoms with Gasteiger partial charge in [-0.1, -0.05) is 54.6 Å². The first kappa shape index (κ1) is 19.0. The summed E-state index contributed by atoms with van der Waals surface area (Å²) in [6.45, 7) is 0.338. The van der Waals surface area contributed by atoms with Crippen LogP contribution in [0.3, 0.4) is 0 Å². The van der Waals surface area contributed by atoms with E-state index in [2.05, 4.69) is 10.3 Å². The molecule has 1 N–H and O–H groups in total. The number of hydrogen-bond donors (Lipinski definition) is 1. The van der Waals surface area contributed by atoms with Crippen molar-refractivity contribution >= 4 is 26.6 Å². The molecule has 0 aliphatic heterocycles. The van der Waals surface area contributed by atoms with E-state index in [4.69, 9.17) is 0 Å². The second-order valence-electron chi connectivity index (χ2n) is 6.45. The number of benzene rings is 2. The Labute approximate surface area is 159 Å². The Morgan fingerprint density at radius 1 is 0.963 bits per heavy atom. The predicted octanol–water partition coefficient (Wildman–Crippen LogP) is 2.90. The highest BCUT2D eigenvalue weighted by Crippen LogP contribution is 2.16. The number of carbonyl (C=O) groups is 1. The molecule has 3 rings (SSSR count). The number of nitrogens with zero attached hydrogens (tertiary/aromatic N) is 1. The van der Waals surface area contributed by atoms with Crippen LogP contribution in [-0.2, 0) is 26.8 Å². The van der Waals surface area contributed by atoms with Gasteiger partial charge in [0.1, 0.15) is 0 Å². The highest BCUT2D eigenvalue weighted by Gasteiger charge is 2.12. The molecular formula is C21H22N2O3S. The summed E-state index contributed by atoms with van der Waals surface area (Å²) in [7, 11) is -3.18. The molecule has 1 amide bonds. The summed E-state index contributed by atoms with van der Waals surface area (Å²) in [5.41, 5.74) is 2.47. The van der Waals surface area contributed by atoms with Crippen LogP contribution >= 0.6 is 0 Å². The molecule has 0 aliphatic carbocycles. The molecule has 0 saturated carbocycles. The van der Waals surface area contributed by atoms with Gasteiger partial charge in [0, 0.05) is 18.1 Å². The lowest BCUT2D eigenvalue weighted by Gasteiger charge is -2.08. The molecule has 6 heteroatoms. The maximum Gasteiger partial charge on any atom is 0.224 e. The number of fused-ring (bicyclic) bond motifs is 1. The first-order valence-corrected chi connectivity index (χ1v) is 10.7. The monoisotopic (exact) mass is 382 g/mol. The highest BCUT2D eigenvalue weighted by atomic mass is 32.2. The van der Waals surface area contributed by atoms with Crippen molar-refractivity contribution in [3.05, 3.63) is 78.0 Å². The van der Waals surface area contributed by atoms with Crippen molar-refractivity contribution in [1.29, 1.82) is 0 Å². The van der Waals surface area contributed by atoms with Gasteiger partial charge < -0.3 is 5.32 Å². The van der Waals surface area contributed by atoms with Crippen molar-refractivity contribution in [2.24, 2.45) is 0 Å². The van der Waals surface area contributed by atoms with Gasteiger partial charge in [-0.2, -0.15) is 0 Å². The van der Waals surface area contributed by atoms with Crippen LogP contribution in [-0.4, -0.2) is 31.6 Å². The minimum absolute atomic E-state index is 0.0312. The van der Waals surface area contributed by atoms with Gasteiger partial charge in [-0.25, -0.2) is 8.42 Å². The smallest absolute Gasteiger partial charge is 0.224 e. The van der Waals surface area contributed by atoms with Gasteiger partial charge in [0.2, 0.25) is 5.91 Å². The largest absolute Gasteiger partial charge is 0.356 e. The Kier molecular flexibility index (Phi) is 6.19. The Balaban J connectivity index is 1.47. The average Bonchev–Trinajstić information content (AvgIpc) is 2.66. The van der Waals surface area contributed by atoms with Crippen LogP contribution in [0, 0.1) is 0 Å². The van der Waals surface area contributed by atoms with E-state index in [0.29, 0.717) is 13.0 Å². The lowest BCUT2D eigenvalue weighted by Crippen LogP contribution is -2.27. The van der Waals surface area contributed by atoms with Gasteiger partial charge in [0.25, 0.3) is 0 Å². The van der Waals surface area contributed by atoms with Crippen molar-refractivity contribution in [2.45, 2.75) is 18.6 Å². The maximum absolute atomic E-state index is 12.2. The van der Waals surface area contributed by atoms with E-state index in [1.807, 2.05) is 48.5 Å². The second kappa shape index (κ2) is 8.77. The quantitative estimate of drug-likeness (QED) is 0.608. The van der Waals surface area contributed by atoms with Crippen molar-refractivity contribution in [2.75, 3.05) is 12.3 Å². The van der Waals surface area contributed by atoms with E-state index in [1.54, 1.807) is 18.3 Å². The summed E-state index contributed by atoms with van der Waals surface area (Å²) in [6.07, 6.45) is 2.33. The Hall–Kier alpha value is -2.73. The SMILES string of the molecule is O=C(Cc1cccc2cccnc12)NCCCS(=O)(=O)Cc1ccccc1. The summed E-state index contributed by atoms with van der Waals surface area (Å²) in [5, 5.41) is 3.80. The van der Waals surface area contributed by atoms with E-state index in [-0.39, 0.29) is 23.8 Å². The van der Waals surface area contributed by atoms with E-state index in [0.717, 1.165) is 22.0 Å². The van der Waals surface area contributed by atoms with Gasteiger partial charge in [0.05, 0.1) is 23.4 Å². The zero-order chi connectivity index (χ0) is 19.1. The molecule has 5 nitrogen and oxygen atoms in total. The van der Waals surface area contributed by atoms with E-state index in [1.165, 1.54) is 0 Å². The second-order valence-corrected chi connectivity index (χ2v) is 8.63. The topological polar surface area (TPSA) is 76.1 Å². The molecule has 2 aromatic carbocycles. The molecule has 0 unspecified atom stereocenters. The highest BCUT2D eigenvalue weighted by molar-refractivity contribution is 7.90. The molecule has 0 saturated heterocycles. The van der Waals surface area contributed by atoms with Crippen molar-refractivity contribution in [1.82, 2.24) is 10.3 Å². The summed E-state index contributed by atoms with van der Waals surface area (Å²) in [4.78, 5) is 16.5. The molecule has 0 bridgehead atoms. The third-order valence-corrected chi connectivity index (χ3v) is 5.93. The summed E-state index contributed by atoms with van der Waals surface area (Å²) < 4.78 is 24.3. The summed E-state index contributed by atoms with van der Waals surface area (Å²) in [5.74, 6) is -0.0461. The molecule has 0 fully saturated rings. The van der Waals surface area contributed by atoms with Crippen LogP contribution in [0.5, 0.6) is 0 Å². The van der Waals surface area contributed by atoms with Gasteiger partial charge in [-0.05, 0) is 23.6 Å². The fourth-order valence-electron chi connectivity index (χ4n) is 2.97. The van der Waals surface area contributed by atoms with Gasteiger partial charge in [-0.3, -0.25) is 9.78 Å². The van der Waals surface area contributed by atoms with Gasteiger partial charge in [-0.15, -0.1) is 0 Å². The molecule has 3 aromatic rings. The first-order valence-electron chi connectivity index (χ1n) is 8.87. The number of rotatable bonds is 8. The Morgan fingerprint density at radius 2 is 1.74 bits per heavy atom. The molecule has 27 heavy (non-hydrogen) atoms. The standard InChI is InChI=1S/C21H22N2O3S/c24-20(15-19-10-4-9-18-11-5-12-23-21(18)19)22-13-6-14-27(25,26)16-17-7-2-1-3-8-17/h1-5,7-12H,6,13-16H2,(H,22,24). The molecule has 0 aliphatic rings. The fraction of sp³-hybridized carbons (Fsp3) is 0.238. The molecule has 140 valence electrons. The van der Waals surface area contributed by atoms with Crippen LogP contribution in [0.15, 0.2) is 66.9 Å². The van der Waals surface area contributed by atoms with Crippen molar-refractivity contribution in [3.63, 3.8) is 0 Å². The maximum atomic E-state index is 12.2. The van der Waals surface area contributed by atoms with Crippen LogP contribution in [0.4, 0.5) is 0 Å². The number of amides is 1. The average molecular weight is 382 g/mol. The predicted molar refractivity (Wildman–Crippen MR) is 107 cm³/mol. The van der Waals surface area contributed by atoms with Gasteiger partial charge in [0.15, 0.2) is 9.84 Å². The number of pyridine rings is 1.